The number of aliphatic hydroxyl groups is 1. The van der Waals surface area contributed by atoms with Crippen molar-refractivity contribution >= 4 is 49.5 Å². The molecule has 0 aliphatic carbocycles. The van der Waals surface area contributed by atoms with Gasteiger partial charge in [0, 0.05) is 0 Å². The number of nitrogens with zero attached hydrogens (tertiary/aromatic N) is 8. The average Bonchev–Trinajstić information content (AvgIpc) is 3.72. The van der Waals surface area contributed by atoms with Crippen LogP contribution in [-0.4, -0.2) is 109 Å². The predicted molar refractivity (Wildman–Crippen MR) is 140 cm³/mol. The zero-order valence-corrected chi connectivity index (χ0v) is 24.0. The second-order valence-corrected chi connectivity index (χ2v) is 13.1. The minimum absolute atomic E-state index is 0.00745. The maximum Gasteiger partial charge on any atom is 0.472 e. The molecule has 0 saturated carbocycles. The van der Waals surface area contributed by atoms with E-state index >= 15 is 4.39 Å². The van der Waals surface area contributed by atoms with Crippen LogP contribution in [0.3, 0.4) is 0 Å². The molecule has 23 nitrogen and oxygen atoms in total. The highest BCUT2D eigenvalue weighted by Crippen LogP contribution is 2.53. The number of halogens is 1. The van der Waals surface area contributed by atoms with Crippen molar-refractivity contribution in [3.05, 3.63) is 23.0 Å². The van der Waals surface area contributed by atoms with E-state index in [1.54, 1.807) is 0 Å². The van der Waals surface area contributed by atoms with Gasteiger partial charge in [-0.3, -0.25) is 32.5 Å². The minimum Gasteiger partial charge on any atom is -0.385 e. The number of aromatic nitrogens is 9. The lowest BCUT2D eigenvalue weighted by atomic mass is 10.1. The molecule has 0 amide bonds. The SMILES string of the molecule is Nc1nc2c(nnn2[C@@H]2O[C@@H]3OCP(=O)(O)OC4C(F)[C@H](n5cnc6c(N)ncnc65)O[C@@H]4COP(=O)(O)O[C@H]2[C@H]3O)c(=O)[nH]1. The van der Waals surface area contributed by atoms with Crippen LogP contribution in [0, 0.1) is 0 Å². The van der Waals surface area contributed by atoms with Gasteiger partial charge in [0.1, 0.15) is 36.3 Å². The molecule has 26 heteroatoms. The molecule has 3 aliphatic heterocycles. The third-order valence-corrected chi connectivity index (χ3v) is 9.07. The molecule has 0 aromatic carbocycles. The van der Waals surface area contributed by atoms with Gasteiger partial charge in [-0.1, -0.05) is 5.21 Å². The number of hydrogen-bond acceptors (Lipinski definition) is 18. The van der Waals surface area contributed by atoms with Gasteiger partial charge in [-0.25, -0.2) is 23.9 Å². The molecular formula is C19H22FN11O12P2. The molecule has 0 spiro atoms. The molecule has 3 fully saturated rings. The van der Waals surface area contributed by atoms with Crippen LogP contribution in [-0.2, 0) is 36.9 Å². The van der Waals surface area contributed by atoms with Gasteiger partial charge in [-0.15, -0.1) is 5.10 Å². The van der Waals surface area contributed by atoms with Crippen molar-refractivity contribution < 1.29 is 56.2 Å². The maximum atomic E-state index is 15.9. The van der Waals surface area contributed by atoms with E-state index in [1.807, 2.05) is 0 Å². The van der Waals surface area contributed by atoms with Gasteiger partial charge in [0.2, 0.25) is 5.95 Å². The Morgan fingerprint density at radius 2 is 1.84 bits per heavy atom. The van der Waals surface area contributed by atoms with Gasteiger partial charge in [0.05, 0.1) is 12.9 Å². The number of imidazole rings is 1. The van der Waals surface area contributed by atoms with Crippen molar-refractivity contribution in [2.45, 2.75) is 49.3 Å². The van der Waals surface area contributed by atoms with Gasteiger partial charge < -0.3 is 40.6 Å². The van der Waals surface area contributed by atoms with Gasteiger partial charge in [-0.2, -0.15) is 9.67 Å². The van der Waals surface area contributed by atoms with Crippen LogP contribution in [0.25, 0.3) is 22.3 Å². The highest BCUT2D eigenvalue weighted by molar-refractivity contribution is 7.52. The number of aliphatic hydroxyl groups excluding tert-OH is 1. The molecule has 4 aromatic rings. The van der Waals surface area contributed by atoms with Crippen LogP contribution in [0.2, 0.25) is 0 Å². The van der Waals surface area contributed by atoms with E-state index in [1.165, 1.54) is 0 Å². The van der Waals surface area contributed by atoms with E-state index in [-0.39, 0.29) is 34.1 Å². The first-order chi connectivity index (χ1) is 21.3. The Kier molecular flexibility index (Phi) is 7.22. The standard InChI is InChI=1S/C19H22FN11O12P2/c20-6-10-5(40-16(6)30-3-25-7-12(21)23-2-24-13(7)30)1-39-45(36,37)43-11-9(32)18(38-4-44(34,35)42-10)41-17(11)31-14-8(28-29-31)15(33)27-19(22)26-14/h2-3,5-6,9-11,16-18,32H,1,4H2,(H,34,35)(H,36,37)(H2,21,23,24)(H3,22,26,27,33)/t5-,6?,9-,10?,11+,16-,17-,18+/m1/s1. The summed E-state index contributed by atoms with van der Waals surface area (Å²) < 4.78 is 76.2. The van der Waals surface area contributed by atoms with Crippen molar-refractivity contribution in [3.63, 3.8) is 0 Å². The van der Waals surface area contributed by atoms with E-state index in [9.17, 15) is 28.8 Å². The summed E-state index contributed by atoms with van der Waals surface area (Å²) in [4.78, 5) is 51.5. The number of hydrogen-bond donors (Lipinski definition) is 6. The largest absolute Gasteiger partial charge is 0.472 e. The van der Waals surface area contributed by atoms with Gasteiger partial charge >= 0.3 is 15.4 Å². The number of fused-ring (bicyclic) bond motifs is 5. The zero-order valence-electron chi connectivity index (χ0n) is 22.2. The summed E-state index contributed by atoms with van der Waals surface area (Å²) in [6.45, 7) is -0.919. The monoisotopic (exact) mass is 677 g/mol. The molecule has 4 unspecified atom stereocenters. The second kappa shape index (κ2) is 10.8. The quantitative estimate of drug-likeness (QED) is 0.125. The minimum atomic E-state index is -5.20. The molecule has 45 heavy (non-hydrogen) atoms. The van der Waals surface area contributed by atoms with Gasteiger partial charge in [0.25, 0.3) is 5.56 Å². The molecular weight excluding hydrogens is 655 g/mol. The smallest absolute Gasteiger partial charge is 0.385 e. The van der Waals surface area contributed by atoms with Crippen LogP contribution in [0.4, 0.5) is 16.2 Å². The Labute approximate surface area is 247 Å². The van der Waals surface area contributed by atoms with E-state index < -0.39 is 83.3 Å². The predicted octanol–water partition coefficient (Wildman–Crippen LogP) is -1.97. The van der Waals surface area contributed by atoms with Crippen molar-refractivity contribution in [2.75, 3.05) is 24.4 Å². The first-order valence-electron chi connectivity index (χ1n) is 12.8. The maximum absolute atomic E-state index is 15.9. The number of phosphoric acid groups is 1. The van der Waals surface area contributed by atoms with Crippen LogP contribution < -0.4 is 17.0 Å². The Morgan fingerprint density at radius 3 is 2.64 bits per heavy atom. The number of H-pyrrole nitrogens is 1. The summed E-state index contributed by atoms with van der Waals surface area (Å²) in [7, 11) is -10.1. The highest BCUT2D eigenvalue weighted by Gasteiger charge is 2.54. The normalized spacial score (nSPS) is 37.7. The summed E-state index contributed by atoms with van der Waals surface area (Å²) >= 11 is 0. The molecule has 242 valence electrons. The van der Waals surface area contributed by atoms with Crippen LogP contribution in [0.15, 0.2) is 17.4 Å². The second-order valence-electron chi connectivity index (χ2n) is 9.97. The molecule has 7 rings (SSSR count). The van der Waals surface area contributed by atoms with Crippen LogP contribution in [0.1, 0.15) is 12.5 Å². The number of anilines is 2. The molecule has 4 aromatic heterocycles. The third kappa shape index (κ3) is 5.28. The molecule has 3 aliphatic rings. The zero-order chi connectivity index (χ0) is 31.8. The molecule has 2 bridgehead atoms. The molecule has 8 N–H and O–H groups in total. The van der Waals surface area contributed by atoms with Crippen molar-refractivity contribution in [1.82, 2.24) is 44.5 Å². The lowest BCUT2D eigenvalue weighted by Gasteiger charge is -2.25. The number of ether oxygens (including phenoxy) is 3. The summed E-state index contributed by atoms with van der Waals surface area (Å²) in [5.41, 5.74) is 10.2. The first-order valence-corrected chi connectivity index (χ1v) is 16.0. The third-order valence-electron chi connectivity index (χ3n) is 7.04. The summed E-state index contributed by atoms with van der Waals surface area (Å²) in [6.07, 6.45) is -13.4. The number of nitrogens with two attached hydrogens (primary N) is 2. The molecule has 3 saturated heterocycles. The summed E-state index contributed by atoms with van der Waals surface area (Å²) in [5.74, 6) is -0.348. The average molecular weight is 677 g/mol. The number of nitrogen functional groups attached to an aromatic ring is 2. The van der Waals surface area contributed by atoms with Crippen molar-refractivity contribution in [1.29, 1.82) is 0 Å². The van der Waals surface area contributed by atoms with Gasteiger partial charge in [-0.05, 0) is 0 Å². The van der Waals surface area contributed by atoms with E-state index in [2.05, 4.69) is 35.2 Å². The lowest BCUT2D eigenvalue weighted by molar-refractivity contribution is -0.170. The lowest BCUT2D eigenvalue weighted by Crippen LogP contribution is -2.35. The Morgan fingerprint density at radius 1 is 1.04 bits per heavy atom. The van der Waals surface area contributed by atoms with Crippen molar-refractivity contribution in [3.8, 4) is 0 Å². The van der Waals surface area contributed by atoms with E-state index in [4.69, 9.17) is 39.2 Å². The van der Waals surface area contributed by atoms with Crippen molar-refractivity contribution in [2.24, 2.45) is 0 Å². The van der Waals surface area contributed by atoms with Crippen LogP contribution in [0.5, 0.6) is 0 Å². The van der Waals surface area contributed by atoms with E-state index in [0.717, 1.165) is 21.9 Å². The molecule has 0 radical (unpaired) electrons. The summed E-state index contributed by atoms with van der Waals surface area (Å²) in [6, 6.07) is 0. The number of aromatic amines is 1. The topological polar surface area (TPSA) is 322 Å². The molecule has 10 atom stereocenters. The number of alkyl halides is 1. The van der Waals surface area contributed by atoms with Gasteiger partial charge in [0.15, 0.2) is 53.9 Å². The Bertz CT molecular complexity index is 1940. The molecule has 7 heterocycles. The number of nitrogens with one attached hydrogen (secondary N) is 1. The summed E-state index contributed by atoms with van der Waals surface area (Å²) in [5, 5.41) is 18.3. The fourth-order valence-electron chi connectivity index (χ4n) is 5.07. The fourth-order valence-corrected chi connectivity index (χ4v) is 7.03. The van der Waals surface area contributed by atoms with E-state index in [0.29, 0.717) is 0 Å². The fraction of sp³-hybridized carbons (Fsp3) is 0.526. The Balaban J connectivity index is 1.21. The van der Waals surface area contributed by atoms with Crippen LogP contribution >= 0.6 is 15.4 Å². The highest BCUT2D eigenvalue weighted by atomic mass is 31.2. The Hall–Kier alpha value is -3.54. The number of phosphoric ester groups is 1. The first kappa shape index (κ1) is 30.1. The number of rotatable bonds is 2.